The summed E-state index contributed by atoms with van der Waals surface area (Å²) in [4.78, 5) is 1.64. The molecule has 136 valence electrons. The zero-order chi connectivity index (χ0) is 19.3. The Bertz CT molecular complexity index is 875. The van der Waals surface area contributed by atoms with Crippen molar-refractivity contribution in [2.45, 2.75) is 33.9 Å². The molecule has 26 heavy (non-hydrogen) atoms. The van der Waals surface area contributed by atoms with E-state index < -0.39 is 6.23 Å². The van der Waals surface area contributed by atoms with Gasteiger partial charge in [0.05, 0.1) is 0 Å². The van der Waals surface area contributed by atoms with E-state index in [2.05, 4.69) is 18.0 Å². The molecule has 2 rings (SSSR count). The van der Waals surface area contributed by atoms with E-state index in [0.717, 1.165) is 16.7 Å². The Morgan fingerprint density at radius 1 is 1.15 bits per heavy atom. The van der Waals surface area contributed by atoms with Crippen LogP contribution in [0.4, 0.5) is 5.69 Å². The molecule has 2 aromatic carbocycles. The first-order valence-electron chi connectivity index (χ1n) is 8.40. The Morgan fingerprint density at radius 2 is 1.88 bits per heavy atom. The normalized spacial score (nSPS) is 11.3. The lowest BCUT2D eigenvalue weighted by Gasteiger charge is -2.32. The van der Waals surface area contributed by atoms with Gasteiger partial charge in [0.25, 0.3) is 0 Å². The SMILES string of the molecule is C=C=C=C(C)C(Oc1ccc(C)cc1C)N(CO)c1ccc(C)c(O)c1. The number of anilines is 1. The smallest absolute Gasteiger partial charge is 0.204 e. The van der Waals surface area contributed by atoms with Crippen LogP contribution in [0.3, 0.4) is 0 Å². The number of aromatic hydroxyl groups is 1. The summed E-state index contributed by atoms with van der Waals surface area (Å²) in [5.74, 6) is 0.868. The molecule has 0 saturated heterocycles. The first-order valence-corrected chi connectivity index (χ1v) is 8.40. The molecular weight excluding hydrogens is 326 g/mol. The van der Waals surface area contributed by atoms with Crippen molar-refractivity contribution in [3.63, 3.8) is 0 Å². The molecule has 0 heterocycles. The van der Waals surface area contributed by atoms with Crippen molar-refractivity contribution >= 4 is 5.69 Å². The van der Waals surface area contributed by atoms with Crippen LogP contribution in [0.2, 0.25) is 0 Å². The Kier molecular flexibility index (Phi) is 6.32. The van der Waals surface area contributed by atoms with Crippen LogP contribution in [0.5, 0.6) is 11.5 Å². The molecule has 0 aliphatic carbocycles. The molecule has 4 nitrogen and oxygen atoms in total. The minimum atomic E-state index is -0.627. The number of rotatable bonds is 6. The Balaban J connectivity index is 2.49. The van der Waals surface area contributed by atoms with E-state index in [1.165, 1.54) is 0 Å². The van der Waals surface area contributed by atoms with Gasteiger partial charge in [-0.25, -0.2) is 0 Å². The standard InChI is InChI=1S/C22H25NO3/c1-6-7-17(4)22(26-21-11-8-15(2)12-18(21)5)23(14-24)19-10-9-16(3)20(25)13-19/h8-13,22,24-25H,1,14H2,2-5H3. The van der Waals surface area contributed by atoms with Crippen LogP contribution in [-0.4, -0.2) is 23.2 Å². The summed E-state index contributed by atoms with van der Waals surface area (Å²) in [7, 11) is 0. The number of aliphatic hydroxyl groups is 1. The Labute approximate surface area is 155 Å². The van der Waals surface area contributed by atoms with E-state index in [0.29, 0.717) is 17.0 Å². The van der Waals surface area contributed by atoms with Gasteiger partial charge in [0.2, 0.25) is 6.23 Å². The van der Waals surface area contributed by atoms with Crippen molar-refractivity contribution < 1.29 is 14.9 Å². The topological polar surface area (TPSA) is 52.9 Å². The summed E-state index contributed by atoms with van der Waals surface area (Å²) in [6.45, 7) is 10.9. The van der Waals surface area contributed by atoms with Gasteiger partial charge in [0.15, 0.2) is 0 Å². The number of aryl methyl sites for hydroxylation is 3. The maximum absolute atomic E-state index is 10.0. The fourth-order valence-corrected chi connectivity index (χ4v) is 2.71. The van der Waals surface area contributed by atoms with Crippen LogP contribution in [0, 0.1) is 20.8 Å². The molecule has 0 amide bonds. The molecule has 0 saturated carbocycles. The van der Waals surface area contributed by atoms with Gasteiger partial charge in [0, 0.05) is 17.3 Å². The van der Waals surface area contributed by atoms with Gasteiger partial charge in [-0.15, -0.1) is 0 Å². The highest BCUT2D eigenvalue weighted by Crippen LogP contribution is 2.29. The highest BCUT2D eigenvalue weighted by Gasteiger charge is 2.23. The third-order valence-electron chi connectivity index (χ3n) is 4.18. The van der Waals surface area contributed by atoms with Crippen LogP contribution in [0.25, 0.3) is 0 Å². The van der Waals surface area contributed by atoms with Gasteiger partial charge in [-0.2, -0.15) is 0 Å². The van der Waals surface area contributed by atoms with Crippen molar-refractivity contribution in [3.05, 3.63) is 76.7 Å². The maximum atomic E-state index is 10.0. The summed E-state index contributed by atoms with van der Waals surface area (Å²) < 4.78 is 6.21. The lowest BCUT2D eigenvalue weighted by molar-refractivity contribution is 0.181. The third kappa shape index (κ3) is 4.38. The molecule has 0 aliphatic heterocycles. The van der Waals surface area contributed by atoms with Crippen LogP contribution in [0.15, 0.2) is 60.0 Å². The second-order valence-electron chi connectivity index (χ2n) is 6.31. The molecule has 1 unspecified atom stereocenters. The Hall–Kier alpha value is -2.90. The van der Waals surface area contributed by atoms with Crippen LogP contribution < -0.4 is 9.64 Å². The number of benzene rings is 2. The molecule has 0 fully saturated rings. The molecule has 0 spiro atoms. The minimum Gasteiger partial charge on any atom is -0.508 e. The summed E-state index contributed by atoms with van der Waals surface area (Å²) in [5, 5.41) is 20.0. The van der Waals surface area contributed by atoms with Crippen molar-refractivity contribution in [1.82, 2.24) is 0 Å². The number of phenols is 1. The maximum Gasteiger partial charge on any atom is 0.204 e. The van der Waals surface area contributed by atoms with E-state index >= 15 is 0 Å². The van der Waals surface area contributed by atoms with Gasteiger partial charge in [-0.3, -0.25) is 0 Å². The number of hydrogen-bond donors (Lipinski definition) is 2. The zero-order valence-electron chi connectivity index (χ0n) is 15.7. The first kappa shape index (κ1) is 19.4. The number of aliphatic hydroxyl groups excluding tert-OH is 1. The number of hydrogen-bond acceptors (Lipinski definition) is 4. The molecule has 4 heteroatoms. The third-order valence-corrected chi connectivity index (χ3v) is 4.18. The Morgan fingerprint density at radius 3 is 2.46 bits per heavy atom. The molecule has 0 bridgehead atoms. The van der Waals surface area contributed by atoms with Gasteiger partial charge in [0.1, 0.15) is 18.2 Å². The van der Waals surface area contributed by atoms with Gasteiger partial charge in [-0.05, 0) is 57.5 Å². The van der Waals surface area contributed by atoms with E-state index in [4.69, 9.17) is 4.74 Å². The van der Waals surface area contributed by atoms with Crippen molar-refractivity contribution in [2.24, 2.45) is 0 Å². The fraction of sp³-hybridized carbons (Fsp3) is 0.273. The second-order valence-corrected chi connectivity index (χ2v) is 6.31. The summed E-state index contributed by atoms with van der Waals surface area (Å²) in [6.07, 6.45) is -0.627. The minimum absolute atomic E-state index is 0.159. The van der Waals surface area contributed by atoms with Crippen molar-refractivity contribution in [2.75, 3.05) is 11.6 Å². The highest BCUT2D eigenvalue weighted by atomic mass is 16.5. The first-order chi connectivity index (χ1) is 12.4. The predicted octanol–water partition coefficient (Wildman–Crippen LogP) is 4.37. The quantitative estimate of drug-likeness (QED) is 0.599. The number of phenolic OH excluding ortho intramolecular Hbond substituents is 1. The van der Waals surface area contributed by atoms with Crippen LogP contribution >= 0.6 is 0 Å². The lowest BCUT2D eigenvalue weighted by atomic mass is 10.1. The van der Waals surface area contributed by atoms with Crippen molar-refractivity contribution in [3.8, 4) is 11.5 Å². The van der Waals surface area contributed by atoms with Gasteiger partial charge in [-0.1, -0.05) is 35.2 Å². The van der Waals surface area contributed by atoms with Gasteiger partial charge >= 0.3 is 0 Å². The van der Waals surface area contributed by atoms with E-state index in [1.807, 2.05) is 52.0 Å². The second kappa shape index (κ2) is 8.46. The van der Waals surface area contributed by atoms with E-state index in [1.54, 1.807) is 17.0 Å². The molecule has 1 atom stereocenters. The zero-order valence-corrected chi connectivity index (χ0v) is 15.7. The highest BCUT2D eigenvalue weighted by molar-refractivity contribution is 5.54. The largest absolute Gasteiger partial charge is 0.508 e. The fourth-order valence-electron chi connectivity index (χ4n) is 2.71. The summed E-state index contributed by atoms with van der Waals surface area (Å²) >= 11 is 0. The monoisotopic (exact) mass is 351 g/mol. The number of ether oxygens (including phenoxy) is 1. The van der Waals surface area contributed by atoms with E-state index in [9.17, 15) is 10.2 Å². The molecule has 0 radical (unpaired) electrons. The van der Waals surface area contributed by atoms with Crippen molar-refractivity contribution in [1.29, 1.82) is 0 Å². The molecule has 0 aromatic heterocycles. The average molecular weight is 351 g/mol. The van der Waals surface area contributed by atoms with Gasteiger partial charge < -0.3 is 19.8 Å². The lowest BCUT2D eigenvalue weighted by Crippen LogP contribution is -2.41. The van der Waals surface area contributed by atoms with Crippen LogP contribution in [0.1, 0.15) is 23.6 Å². The molecule has 2 aromatic rings. The molecule has 0 aliphatic rings. The molecule has 2 N–H and O–H groups in total. The van der Waals surface area contributed by atoms with Crippen LogP contribution in [-0.2, 0) is 0 Å². The number of nitrogens with zero attached hydrogens (tertiary/aromatic N) is 1. The summed E-state index contributed by atoms with van der Waals surface area (Å²) in [6, 6.07) is 11.1. The average Bonchev–Trinajstić information content (AvgIpc) is 2.59. The molecular formula is C22H25NO3. The predicted molar refractivity (Wildman–Crippen MR) is 105 cm³/mol. The summed E-state index contributed by atoms with van der Waals surface area (Å²) in [5.41, 5.74) is 9.80. The van der Waals surface area contributed by atoms with E-state index in [-0.39, 0.29) is 12.5 Å².